The van der Waals surface area contributed by atoms with Crippen molar-refractivity contribution in [1.82, 2.24) is 4.72 Å². The van der Waals surface area contributed by atoms with Crippen LogP contribution in [0.4, 0.5) is 10.5 Å². The SMILES string of the molecule is CCC1(O)CCCc2oc(SNC(=O)Nc3c4c(cc5c3CCC5)CCC4)cc21. The molecule has 0 aliphatic heterocycles. The lowest BCUT2D eigenvalue weighted by molar-refractivity contribution is 0.0126. The second-order valence-corrected chi connectivity index (χ2v) is 9.34. The zero-order valence-corrected chi connectivity index (χ0v) is 17.7. The zero-order valence-electron chi connectivity index (χ0n) is 16.9. The number of urea groups is 1. The van der Waals surface area contributed by atoms with Crippen molar-refractivity contribution in [3.63, 3.8) is 0 Å². The van der Waals surface area contributed by atoms with E-state index in [1.807, 2.05) is 13.0 Å². The summed E-state index contributed by atoms with van der Waals surface area (Å²) >= 11 is 1.18. The Morgan fingerprint density at radius 1 is 1.10 bits per heavy atom. The predicted octanol–water partition coefficient (Wildman–Crippen LogP) is 5.02. The van der Waals surface area contributed by atoms with Crippen LogP contribution in [0, 0.1) is 0 Å². The minimum Gasteiger partial charge on any atom is -0.453 e. The van der Waals surface area contributed by atoms with E-state index in [0.717, 1.165) is 62.0 Å². The Balaban J connectivity index is 1.30. The predicted molar refractivity (Wildman–Crippen MR) is 114 cm³/mol. The number of hydrogen-bond acceptors (Lipinski definition) is 4. The van der Waals surface area contributed by atoms with Crippen LogP contribution in [0.15, 0.2) is 21.6 Å². The summed E-state index contributed by atoms with van der Waals surface area (Å²) in [4.78, 5) is 12.7. The molecule has 0 bridgehead atoms. The number of aryl methyl sites for hydroxylation is 3. The summed E-state index contributed by atoms with van der Waals surface area (Å²) in [6.07, 6.45) is 9.86. The highest BCUT2D eigenvalue weighted by Gasteiger charge is 2.35. The van der Waals surface area contributed by atoms with Gasteiger partial charge in [-0.25, -0.2) is 4.79 Å². The summed E-state index contributed by atoms with van der Waals surface area (Å²) < 4.78 is 8.79. The molecule has 0 saturated heterocycles. The van der Waals surface area contributed by atoms with Gasteiger partial charge in [-0.1, -0.05) is 13.0 Å². The van der Waals surface area contributed by atoms with Gasteiger partial charge in [0.1, 0.15) is 5.76 Å². The Morgan fingerprint density at radius 3 is 2.52 bits per heavy atom. The fourth-order valence-corrected chi connectivity index (χ4v) is 5.84. The van der Waals surface area contributed by atoms with Gasteiger partial charge in [0.15, 0.2) is 5.09 Å². The van der Waals surface area contributed by atoms with E-state index in [1.165, 1.54) is 47.0 Å². The molecule has 1 heterocycles. The number of benzene rings is 1. The first-order valence-electron chi connectivity index (χ1n) is 10.8. The first-order chi connectivity index (χ1) is 14.1. The van der Waals surface area contributed by atoms with Gasteiger partial charge in [-0.3, -0.25) is 4.72 Å². The molecule has 5 rings (SSSR count). The molecule has 154 valence electrons. The van der Waals surface area contributed by atoms with E-state index in [0.29, 0.717) is 11.5 Å². The summed E-state index contributed by atoms with van der Waals surface area (Å²) in [5, 5.41) is 14.6. The third-order valence-electron chi connectivity index (χ3n) is 6.82. The van der Waals surface area contributed by atoms with Crippen molar-refractivity contribution >= 4 is 23.7 Å². The smallest absolute Gasteiger partial charge is 0.329 e. The molecule has 29 heavy (non-hydrogen) atoms. The van der Waals surface area contributed by atoms with Crippen LogP contribution in [0.25, 0.3) is 0 Å². The highest BCUT2D eigenvalue weighted by molar-refractivity contribution is 7.97. The van der Waals surface area contributed by atoms with E-state index in [4.69, 9.17) is 4.42 Å². The number of carbonyl (C=O) groups is 1. The molecule has 3 aliphatic carbocycles. The third kappa shape index (κ3) is 3.36. The van der Waals surface area contributed by atoms with Crippen LogP contribution in [0.2, 0.25) is 0 Å². The normalized spacial score (nSPS) is 22.1. The van der Waals surface area contributed by atoms with Gasteiger partial charge in [-0.2, -0.15) is 0 Å². The maximum absolute atomic E-state index is 12.7. The molecule has 0 spiro atoms. The van der Waals surface area contributed by atoms with E-state index in [2.05, 4.69) is 16.1 Å². The lowest BCUT2D eigenvalue weighted by Gasteiger charge is -2.30. The van der Waals surface area contributed by atoms with Gasteiger partial charge >= 0.3 is 6.03 Å². The number of rotatable bonds is 4. The van der Waals surface area contributed by atoms with Crippen LogP contribution < -0.4 is 10.0 Å². The number of hydrogen-bond donors (Lipinski definition) is 3. The van der Waals surface area contributed by atoms with Gasteiger partial charge in [0.05, 0.1) is 5.60 Å². The maximum Gasteiger partial charge on any atom is 0.329 e. The van der Waals surface area contributed by atoms with Crippen molar-refractivity contribution in [2.24, 2.45) is 0 Å². The zero-order chi connectivity index (χ0) is 20.0. The van der Waals surface area contributed by atoms with E-state index < -0.39 is 5.60 Å². The molecule has 2 amide bonds. The van der Waals surface area contributed by atoms with Crippen molar-refractivity contribution in [3.8, 4) is 0 Å². The molecule has 0 fully saturated rings. The van der Waals surface area contributed by atoms with Gasteiger partial charge in [-0.15, -0.1) is 0 Å². The Hall–Kier alpha value is -1.92. The summed E-state index contributed by atoms with van der Waals surface area (Å²) in [6, 6.07) is 4.04. The molecule has 0 radical (unpaired) electrons. The van der Waals surface area contributed by atoms with E-state index in [9.17, 15) is 9.90 Å². The van der Waals surface area contributed by atoms with Gasteiger partial charge in [0.2, 0.25) is 0 Å². The lowest BCUT2D eigenvalue weighted by Crippen LogP contribution is -2.28. The van der Waals surface area contributed by atoms with E-state index >= 15 is 0 Å². The Bertz CT molecular complexity index is 935. The molecule has 2 aromatic rings. The molecular weight excluding hydrogens is 384 g/mol. The van der Waals surface area contributed by atoms with E-state index in [1.54, 1.807) is 0 Å². The monoisotopic (exact) mass is 412 g/mol. The van der Waals surface area contributed by atoms with Gasteiger partial charge in [0.25, 0.3) is 0 Å². The average molecular weight is 413 g/mol. The van der Waals surface area contributed by atoms with Crippen LogP contribution in [-0.4, -0.2) is 11.1 Å². The summed E-state index contributed by atoms with van der Waals surface area (Å²) in [5.74, 6) is 0.851. The van der Waals surface area contributed by atoms with Crippen LogP contribution in [0.5, 0.6) is 0 Å². The van der Waals surface area contributed by atoms with E-state index in [-0.39, 0.29) is 6.03 Å². The standard InChI is InChI=1S/C23H28N2O3S/c1-2-23(27)11-5-10-19-18(23)13-20(28-19)29-25-22(26)24-21-16-8-3-6-14(16)12-15-7-4-9-17(15)21/h12-13,27H,2-11H2,1H3,(H2,24,25,26). The Morgan fingerprint density at radius 2 is 1.83 bits per heavy atom. The Kier molecular flexibility index (Phi) is 4.87. The number of aliphatic hydroxyl groups is 1. The molecule has 1 atom stereocenters. The largest absolute Gasteiger partial charge is 0.453 e. The first kappa shape index (κ1) is 19.1. The van der Waals surface area contributed by atoms with Crippen LogP contribution in [-0.2, 0) is 37.7 Å². The molecular formula is C23H28N2O3S. The van der Waals surface area contributed by atoms with Crippen molar-refractivity contribution in [1.29, 1.82) is 0 Å². The number of fused-ring (bicyclic) bond motifs is 3. The molecule has 1 unspecified atom stereocenters. The van der Waals surface area contributed by atoms with Crippen LogP contribution in [0.3, 0.4) is 0 Å². The molecule has 3 N–H and O–H groups in total. The fraction of sp³-hybridized carbons (Fsp3) is 0.522. The highest BCUT2D eigenvalue weighted by Crippen LogP contribution is 2.41. The summed E-state index contributed by atoms with van der Waals surface area (Å²) in [5.41, 5.74) is 6.60. The van der Waals surface area contributed by atoms with Crippen molar-refractivity contribution in [2.75, 3.05) is 5.32 Å². The topological polar surface area (TPSA) is 74.5 Å². The molecule has 0 saturated carbocycles. The lowest BCUT2D eigenvalue weighted by atomic mass is 9.81. The number of carbonyl (C=O) groups excluding carboxylic acids is 1. The number of anilines is 1. The summed E-state index contributed by atoms with van der Waals surface area (Å²) in [7, 11) is 0. The molecule has 6 heteroatoms. The van der Waals surface area contributed by atoms with Crippen molar-refractivity contribution in [3.05, 3.63) is 45.7 Å². The minimum atomic E-state index is -0.802. The molecule has 1 aromatic heterocycles. The molecule has 3 aliphatic rings. The average Bonchev–Trinajstić information content (AvgIpc) is 3.45. The fourth-order valence-electron chi connectivity index (χ4n) is 5.28. The maximum atomic E-state index is 12.7. The quantitative estimate of drug-likeness (QED) is 0.617. The van der Waals surface area contributed by atoms with Crippen molar-refractivity contribution < 1.29 is 14.3 Å². The second kappa shape index (κ2) is 7.40. The van der Waals surface area contributed by atoms with Gasteiger partial charge < -0.3 is 14.8 Å². The number of amides is 2. The number of nitrogens with one attached hydrogen (secondary N) is 2. The minimum absolute atomic E-state index is 0.218. The van der Waals surface area contributed by atoms with Gasteiger partial charge in [0, 0.05) is 29.6 Å². The third-order valence-corrected chi connectivity index (χ3v) is 7.51. The molecule has 5 nitrogen and oxygen atoms in total. The Labute approximate surface area is 175 Å². The number of furan rings is 1. The van der Waals surface area contributed by atoms with Gasteiger partial charge in [-0.05, 0) is 86.1 Å². The summed E-state index contributed by atoms with van der Waals surface area (Å²) in [6.45, 7) is 2.00. The first-order valence-corrected chi connectivity index (χ1v) is 11.6. The van der Waals surface area contributed by atoms with Crippen molar-refractivity contribution in [2.45, 2.75) is 81.8 Å². The van der Waals surface area contributed by atoms with Crippen LogP contribution >= 0.6 is 11.9 Å². The highest BCUT2D eigenvalue weighted by atomic mass is 32.2. The second-order valence-electron chi connectivity index (χ2n) is 8.53. The molecule has 1 aromatic carbocycles. The van der Waals surface area contributed by atoms with Crippen LogP contribution in [0.1, 0.15) is 72.6 Å².